The minimum atomic E-state index is 0. The van der Waals surface area contributed by atoms with Gasteiger partial charge in [0.1, 0.15) is 0 Å². The van der Waals surface area contributed by atoms with Crippen LogP contribution in [0.25, 0.3) is 0 Å². The number of hydrogen-bond donors (Lipinski definition) is 0. The summed E-state index contributed by atoms with van der Waals surface area (Å²) in [5, 5.41) is 0. The van der Waals surface area contributed by atoms with Gasteiger partial charge in [-0.3, -0.25) is 12.2 Å². The minimum Gasteiger partial charge on any atom is -0.270 e. The van der Waals surface area contributed by atoms with Gasteiger partial charge in [0.25, 0.3) is 0 Å². The summed E-state index contributed by atoms with van der Waals surface area (Å²) in [5.74, 6) is 0. The van der Waals surface area contributed by atoms with Gasteiger partial charge in [0.2, 0.25) is 0 Å². The van der Waals surface area contributed by atoms with E-state index in [9.17, 15) is 0 Å². The molecule has 16 heavy (non-hydrogen) atoms. The Bertz CT molecular complexity index is 290. The second kappa shape index (κ2) is 10.0. The Kier molecular flexibility index (Phi) is 9.91. The van der Waals surface area contributed by atoms with Crippen LogP contribution in [0.3, 0.4) is 0 Å². The third kappa shape index (κ3) is 7.16. The fourth-order valence-corrected chi connectivity index (χ4v) is 1.50. The summed E-state index contributed by atoms with van der Waals surface area (Å²) >= 11 is 0. The molecular weight excluding hydrogens is 359 g/mol. The molecule has 0 nitrogen and oxygen atoms in total. The molecule has 0 unspecified atom stereocenters. The minimum absolute atomic E-state index is 0. The van der Waals surface area contributed by atoms with E-state index in [4.69, 9.17) is 0 Å². The van der Waals surface area contributed by atoms with Crippen LogP contribution in [0.5, 0.6) is 0 Å². The predicted molar refractivity (Wildman–Crippen MR) is 66.2 cm³/mol. The van der Waals surface area contributed by atoms with Gasteiger partial charge >= 0.3 is 0 Å². The zero-order valence-electron chi connectivity index (χ0n) is 10.3. The fraction of sp³-hybridized carbons (Fsp3) is 0.467. The van der Waals surface area contributed by atoms with Crippen molar-refractivity contribution in [1.29, 1.82) is 0 Å². The summed E-state index contributed by atoms with van der Waals surface area (Å²) in [6.45, 7) is 4.28. The Labute approximate surface area is 119 Å². The molecule has 0 N–H and O–H groups in total. The molecule has 2 aliphatic rings. The Morgan fingerprint density at radius 2 is 1.81 bits per heavy atom. The van der Waals surface area contributed by atoms with Gasteiger partial charge in [0.05, 0.1) is 0 Å². The molecule has 0 aromatic heterocycles. The van der Waals surface area contributed by atoms with Crippen molar-refractivity contribution < 1.29 is 25.8 Å². The van der Waals surface area contributed by atoms with Gasteiger partial charge in [0, 0.05) is 25.8 Å². The van der Waals surface area contributed by atoms with Crippen molar-refractivity contribution >= 4 is 0 Å². The Morgan fingerprint density at radius 3 is 2.19 bits per heavy atom. The fourth-order valence-electron chi connectivity index (χ4n) is 1.50. The van der Waals surface area contributed by atoms with Crippen LogP contribution in [-0.4, -0.2) is 0 Å². The van der Waals surface area contributed by atoms with Gasteiger partial charge in [-0.2, -0.15) is 12.2 Å². The van der Waals surface area contributed by atoms with Crippen LogP contribution >= 0.6 is 0 Å². The van der Waals surface area contributed by atoms with Crippen LogP contribution in [0.2, 0.25) is 0 Å². The van der Waals surface area contributed by atoms with Crippen LogP contribution in [-0.2, 0) is 25.8 Å². The molecule has 0 radical (unpaired) electrons. The molecule has 0 saturated heterocycles. The smallest absolute Gasteiger partial charge is 0 e. The first kappa shape index (κ1) is 15.8. The molecule has 86 valence electrons. The normalized spacial score (nSPS) is 16.1. The van der Waals surface area contributed by atoms with Crippen LogP contribution in [0.1, 0.15) is 46.0 Å². The first-order valence-corrected chi connectivity index (χ1v) is 5.83. The van der Waals surface area contributed by atoms with E-state index in [1.807, 2.05) is 0 Å². The Morgan fingerprint density at radius 1 is 1.12 bits per heavy atom. The van der Waals surface area contributed by atoms with Gasteiger partial charge < -0.3 is 0 Å². The summed E-state index contributed by atoms with van der Waals surface area (Å²) < 4.78 is 0. The quantitative estimate of drug-likeness (QED) is 0.499. The van der Waals surface area contributed by atoms with Gasteiger partial charge in [0.15, 0.2) is 0 Å². The summed E-state index contributed by atoms with van der Waals surface area (Å²) in [6, 6.07) is 0. The molecule has 0 aromatic rings. The Balaban J connectivity index is 0.000000283. The molecule has 0 fully saturated rings. The molecule has 2 rings (SSSR count). The maximum Gasteiger partial charge on any atom is 0 e. The van der Waals surface area contributed by atoms with Crippen LogP contribution < -0.4 is 0 Å². The first-order valence-electron chi connectivity index (χ1n) is 5.83. The third-order valence-electron chi connectivity index (χ3n) is 2.43. The predicted octanol–water partition coefficient (Wildman–Crippen LogP) is 4.56. The van der Waals surface area contributed by atoms with Crippen molar-refractivity contribution in [2.75, 3.05) is 0 Å². The molecule has 0 aliphatic heterocycles. The van der Waals surface area contributed by atoms with E-state index < -0.39 is 0 Å². The molecule has 2 aliphatic carbocycles. The van der Waals surface area contributed by atoms with E-state index in [1.165, 1.54) is 30.4 Å². The Hall–Kier alpha value is -0.170. The average Bonchev–Trinajstić information content (AvgIpc) is 2.88. The maximum atomic E-state index is 3.30. The molecule has 0 bridgehead atoms. The maximum absolute atomic E-state index is 3.30. The molecule has 0 saturated carbocycles. The number of allylic oxidation sites excluding steroid dienone is 8. The molecule has 1 heteroatoms. The monoisotopic (exact) mass is 380 g/mol. The molecule has 0 spiro atoms. The van der Waals surface area contributed by atoms with Crippen molar-refractivity contribution in [3.63, 3.8) is 0 Å². The van der Waals surface area contributed by atoms with Crippen molar-refractivity contribution in [3.05, 3.63) is 47.6 Å². The molecule has 0 atom stereocenters. The number of unbranched alkanes of at least 4 members (excludes halogenated alkanes) is 1. The van der Waals surface area contributed by atoms with E-state index >= 15 is 0 Å². The summed E-state index contributed by atoms with van der Waals surface area (Å²) in [5.41, 5.74) is 2.69. The van der Waals surface area contributed by atoms with Gasteiger partial charge in [-0.05, 0) is 0 Å². The van der Waals surface area contributed by atoms with Gasteiger partial charge in [-0.15, -0.1) is 12.8 Å². The second-order valence-corrected chi connectivity index (χ2v) is 3.88. The van der Waals surface area contributed by atoms with Gasteiger partial charge in [-0.1, -0.05) is 33.1 Å². The average molecular weight is 379 g/mol. The number of rotatable bonds is 3. The van der Waals surface area contributed by atoms with Crippen LogP contribution in [0.15, 0.2) is 35.5 Å². The first-order chi connectivity index (χ1) is 7.33. The van der Waals surface area contributed by atoms with E-state index in [0.717, 1.165) is 12.8 Å². The third-order valence-corrected chi connectivity index (χ3v) is 2.43. The molecule has 0 heterocycles. The largest absolute Gasteiger partial charge is 0.270 e. The molecule has 0 aromatic carbocycles. The summed E-state index contributed by atoms with van der Waals surface area (Å²) in [7, 11) is 0. The van der Waals surface area contributed by atoms with Crippen molar-refractivity contribution in [2.45, 2.75) is 46.0 Å². The zero-order valence-corrected chi connectivity index (χ0v) is 13.9. The topological polar surface area (TPSA) is 0 Å². The standard InChI is InChI=1S/C9H13.C6H7.Hf/c1-2-3-6-9-7-4-5-8-9;1-6-4-2-3-5-6;/h4,7H,2-3,5-6H2,1H3;2,4H,3H2,1H3;/q2*-1;. The second-order valence-electron chi connectivity index (χ2n) is 3.88. The van der Waals surface area contributed by atoms with Gasteiger partial charge in [-0.25, -0.2) is 23.3 Å². The van der Waals surface area contributed by atoms with E-state index in [1.54, 1.807) is 0 Å². The van der Waals surface area contributed by atoms with E-state index in [0.29, 0.717) is 0 Å². The van der Waals surface area contributed by atoms with Crippen LogP contribution in [0, 0.1) is 12.2 Å². The van der Waals surface area contributed by atoms with E-state index in [2.05, 4.69) is 50.3 Å². The number of hydrogen-bond acceptors (Lipinski definition) is 0. The van der Waals surface area contributed by atoms with E-state index in [-0.39, 0.29) is 25.8 Å². The van der Waals surface area contributed by atoms with Crippen LogP contribution in [0.4, 0.5) is 0 Å². The summed E-state index contributed by atoms with van der Waals surface area (Å²) in [4.78, 5) is 0. The molecule has 0 amide bonds. The van der Waals surface area contributed by atoms with Crippen molar-refractivity contribution in [2.24, 2.45) is 0 Å². The SMILES string of the molecule is CC1=[C-]CC=C1.CCCCC1=[C-]CC=C1.[Hf]. The zero-order chi connectivity index (χ0) is 10.9. The summed E-state index contributed by atoms with van der Waals surface area (Å²) in [6.07, 6.45) is 20.9. The van der Waals surface area contributed by atoms with Crippen molar-refractivity contribution in [1.82, 2.24) is 0 Å². The van der Waals surface area contributed by atoms with Crippen molar-refractivity contribution in [3.8, 4) is 0 Å². The molecular formula is C15H20Hf-2.